The second-order valence-electron chi connectivity index (χ2n) is 6.06. The summed E-state index contributed by atoms with van der Waals surface area (Å²) in [5.74, 6) is 2.83. The van der Waals surface area contributed by atoms with Crippen LogP contribution in [0, 0.1) is 0 Å². The lowest BCUT2D eigenvalue weighted by atomic mass is 9.89. The summed E-state index contributed by atoms with van der Waals surface area (Å²) in [6.45, 7) is 3.42. The molecule has 1 aliphatic rings. The van der Waals surface area contributed by atoms with Gasteiger partial charge < -0.3 is 14.2 Å². The van der Waals surface area contributed by atoms with Crippen LogP contribution < -0.4 is 4.74 Å². The minimum Gasteiger partial charge on any atom is -0.496 e. The summed E-state index contributed by atoms with van der Waals surface area (Å²) < 4.78 is 7.62. The van der Waals surface area contributed by atoms with E-state index >= 15 is 0 Å². The summed E-state index contributed by atoms with van der Waals surface area (Å²) in [5, 5.41) is 0. The van der Waals surface area contributed by atoms with Gasteiger partial charge in [-0.1, -0.05) is 18.2 Å². The van der Waals surface area contributed by atoms with Gasteiger partial charge in [0.05, 0.1) is 7.11 Å². The van der Waals surface area contributed by atoms with Gasteiger partial charge in [0.2, 0.25) is 0 Å². The van der Waals surface area contributed by atoms with Gasteiger partial charge in [-0.15, -0.1) is 0 Å². The Morgan fingerprint density at radius 3 is 2.68 bits per heavy atom. The van der Waals surface area contributed by atoms with Crippen molar-refractivity contribution in [2.45, 2.75) is 25.2 Å². The summed E-state index contributed by atoms with van der Waals surface area (Å²) in [4.78, 5) is 6.96. The normalized spacial score (nSPS) is 16.8. The van der Waals surface area contributed by atoms with Gasteiger partial charge in [0.15, 0.2) is 0 Å². The molecule has 1 saturated heterocycles. The maximum absolute atomic E-state index is 5.51. The zero-order valence-corrected chi connectivity index (χ0v) is 13.5. The molecular formula is C18H25N3O. The number of ether oxygens (including phenoxy) is 1. The van der Waals surface area contributed by atoms with Gasteiger partial charge >= 0.3 is 0 Å². The predicted molar refractivity (Wildman–Crippen MR) is 88.3 cm³/mol. The highest BCUT2D eigenvalue weighted by atomic mass is 16.5. The third-order valence-electron chi connectivity index (χ3n) is 4.74. The molecule has 118 valence electrons. The molecule has 0 unspecified atom stereocenters. The molecule has 4 heteroatoms. The van der Waals surface area contributed by atoms with Crippen molar-refractivity contribution < 1.29 is 4.74 Å². The van der Waals surface area contributed by atoms with E-state index in [4.69, 9.17) is 4.74 Å². The van der Waals surface area contributed by atoms with Crippen LogP contribution in [0.1, 0.15) is 30.1 Å². The summed E-state index contributed by atoms with van der Waals surface area (Å²) in [5.41, 5.74) is 1.37. The molecule has 2 heterocycles. The highest BCUT2D eigenvalue weighted by molar-refractivity contribution is 5.36. The highest BCUT2D eigenvalue weighted by Gasteiger charge is 2.22. The largest absolute Gasteiger partial charge is 0.496 e. The average Bonchev–Trinajstić information content (AvgIpc) is 2.98. The molecule has 3 rings (SSSR count). The van der Waals surface area contributed by atoms with Crippen molar-refractivity contribution in [2.24, 2.45) is 7.05 Å². The van der Waals surface area contributed by atoms with Crippen molar-refractivity contribution >= 4 is 0 Å². The predicted octanol–water partition coefficient (Wildman–Crippen LogP) is 2.85. The molecule has 0 atom stereocenters. The highest BCUT2D eigenvalue weighted by Crippen LogP contribution is 2.33. The first kappa shape index (κ1) is 15.1. The summed E-state index contributed by atoms with van der Waals surface area (Å²) >= 11 is 0. The van der Waals surface area contributed by atoms with Crippen LogP contribution in [0.3, 0.4) is 0 Å². The Labute approximate surface area is 132 Å². The van der Waals surface area contributed by atoms with E-state index in [1.807, 2.05) is 18.5 Å². The van der Waals surface area contributed by atoms with Crippen molar-refractivity contribution in [1.29, 1.82) is 0 Å². The minimum absolute atomic E-state index is 0.626. The molecule has 0 aliphatic carbocycles. The molecule has 22 heavy (non-hydrogen) atoms. The van der Waals surface area contributed by atoms with Crippen LogP contribution in [0.5, 0.6) is 5.75 Å². The fourth-order valence-electron chi connectivity index (χ4n) is 3.37. The molecule has 0 spiro atoms. The van der Waals surface area contributed by atoms with E-state index in [0.717, 1.165) is 31.8 Å². The van der Waals surface area contributed by atoms with Gasteiger partial charge in [-0.05, 0) is 43.5 Å². The Morgan fingerprint density at radius 1 is 1.23 bits per heavy atom. The molecule has 1 fully saturated rings. The molecule has 0 amide bonds. The molecule has 0 saturated carbocycles. The number of nitrogens with zero attached hydrogens (tertiary/aromatic N) is 3. The quantitative estimate of drug-likeness (QED) is 0.850. The van der Waals surface area contributed by atoms with Crippen molar-refractivity contribution in [3.05, 3.63) is 48.0 Å². The minimum atomic E-state index is 0.626. The molecule has 2 aromatic rings. The third kappa shape index (κ3) is 3.33. The first-order valence-corrected chi connectivity index (χ1v) is 8.09. The lowest BCUT2D eigenvalue weighted by molar-refractivity contribution is 0.211. The van der Waals surface area contributed by atoms with E-state index in [0.29, 0.717) is 5.92 Å². The lowest BCUT2D eigenvalue weighted by Gasteiger charge is -2.32. The molecule has 1 aromatic carbocycles. The van der Waals surface area contributed by atoms with E-state index in [9.17, 15) is 0 Å². The fourth-order valence-corrected chi connectivity index (χ4v) is 3.37. The van der Waals surface area contributed by atoms with Crippen LogP contribution in [-0.4, -0.2) is 41.2 Å². The monoisotopic (exact) mass is 299 g/mol. The molecule has 0 N–H and O–H groups in total. The number of likely N-dealkylation sites (tertiary alicyclic amines) is 1. The van der Waals surface area contributed by atoms with Gasteiger partial charge in [0, 0.05) is 32.4 Å². The van der Waals surface area contributed by atoms with Gasteiger partial charge in [0.1, 0.15) is 11.6 Å². The summed E-state index contributed by atoms with van der Waals surface area (Å²) in [6, 6.07) is 8.45. The van der Waals surface area contributed by atoms with E-state index in [2.05, 4.69) is 39.7 Å². The molecule has 1 aliphatic heterocycles. The number of hydrogen-bond acceptors (Lipinski definition) is 3. The van der Waals surface area contributed by atoms with Crippen molar-refractivity contribution in [3.63, 3.8) is 0 Å². The topological polar surface area (TPSA) is 30.3 Å². The van der Waals surface area contributed by atoms with Gasteiger partial charge in [-0.25, -0.2) is 4.98 Å². The molecule has 4 nitrogen and oxygen atoms in total. The molecular weight excluding hydrogens is 274 g/mol. The average molecular weight is 299 g/mol. The molecule has 0 bridgehead atoms. The molecule has 1 aromatic heterocycles. The van der Waals surface area contributed by atoms with E-state index < -0.39 is 0 Å². The number of imidazole rings is 1. The smallest absolute Gasteiger partial charge is 0.122 e. The first-order chi connectivity index (χ1) is 10.8. The standard InChI is InChI=1S/C18H25N3O/c1-20-14-10-19-18(20)9-13-21-11-7-15(8-12-21)16-5-3-4-6-17(16)22-2/h3-6,10,14-15H,7-9,11-13H2,1-2H3. The number of para-hydroxylation sites is 1. The third-order valence-corrected chi connectivity index (χ3v) is 4.74. The fraction of sp³-hybridized carbons (Fsp3) is 0.500. The van der Waals surface area contributed by atoms with Crippen LogP contribution in [0.15, 0.2) is 36.7 Å². The Balaban J connectivity index is 1.53. The van der Waals surface area contributed by atoms with Crippen molar-refractivity contribution in [2.75, 3.05) is 26.7 Å². The second kappa shape index (κ2) is 6.97. The zero-order valence-electron chi connectivity index (χ0n) is 13.5. The SMILES string of the molecule is COc1ccccc1C1CCN(CCc2nccn2C)CC1. The Kier molecular flexibility index (Phi) is 4.78. The van der Waals surface area contributed by atoms with Crippen LogP contribution >= 0.6 is 0 Å². The van der Waals surface area contributed by atoms with Crippen LogP contribution in [-0.2, 0) is 13.5 Å². The van der Waals surface area contributed by atoms with Crippen LogP contribution in [0.4, 0.5) is 0 Å². The van der Waals surface area contributed by atoms with E-state index in [1.165, 1.54) is 24.2 Å². The number of methoxy groups -OCH3 is 1. The second-order valence-corrected chi connectivity index (χ2v) is 6.06. The number of aromatic nitrogens is 2. The van der Waals surface area contributed by atoms with Crippen LogP contribution in [0.2, 0.25) is 0 Å². The zero-order chi connectivity index (χ0) is 15.4. The maximum atomic E-state index is 5.51. The Morgan fingerprint density at radius 2 is 2.00 bits per heavy atom. The van der Waals surface area contributed by atoms with Gasteiger partial charge in [-0.2, -0.15) is 0 Å². The van der Waals surface area contributed by atoms with Gasteiger partial charge in [0.25, 0.3) is 0 Å². The van der Waals surface area contributed by atoms with E-state index in [1.54, 1.807) is 7.11 Å². The van der Waals surface area contributed by atoms with Crippen molar-refractivity contribution in [1.82, 2.24) is 14.5 Å². The number of rotatable bonds is 5. The Hall–Kier alpha value is -1.81. The summed E-state index contributed by atoms with van der Waals surface area (Å²) in [6.07, 6.45) is 7.34. The number of hydrogen-bond donors (Lipinski definition) is 0. The molecule has 0 radical (unpaired) electrons. The Bertz CT molecular complexity index is 600. The number of aryl methyl sites for hydroxylation is 1. The van der Waals surface area contributed by atoms with E-state index in [-0.39, 0.29) is 0 Å². The summed E-state index contributed by atoms with van der Waals surface area (Å²) in [7, 11) is 3.83. The van der Waals surface area contributed by atoms with Crippen LogP contribution in [0.25, 0.3) is 0 Å². The van der Waals surface area contributed by atoms with Crippen molar-refractivity contribution in [3.8, 4) is 5.75 Å². The maximum Gasteiger partial charge on any atom is 0.122 e. The first-order valence-electron chi connectivity index (χ1n) is 8.09. The lowest BCUT2D eigenvalue weighted by Crippen LogP contribution is -2.34. The van der Waals surface area contributed by atoms with Gasteiger partial charge in [-0.3, -0.25) is 0 Å². The number of benzene rings is 1. The number of piperidine rings is 1.